The van der Waals surface area contributed by atoms with Gasteiger partial charge in [0.25, 0.3) is 0 Å². The quantitative estimate of drug-likeness (QED) is 0.876. The molecule has 2 aromatic rings. The molecule has 1 aliphatic rings. The summed E-state index contributed by atoms with van der Waals surface area (Å²) in [7, 11) is 0. The first-order valence-corrected chi connectivity index (χ1v) is 8.61. The number of anilines is 1. The van der Waals surface area contributed by atoms with Crippen LogP contribution in [-0.2, 0) is 11.2 Å². The molecule has 4 nitrogen and oxygen atoms in total. The molecule has 1 aliphatic carbocycles. The number of benzene rings is 1. The van der Waals surface area contributed by atoms with Gasteiger partial charge in [0, 0.05) is 23.6 Å². The fraction of sp³-hybridized carbons (Fsp3) is 0.474. The van der Waals surface area contributed by atoms with Crippen LogP contribution in [0.1, 0.15) is 51.0 Å². The monoisotopic (exact) mass is 312 g/mol. The van der Waals surface area contributed by atoms with E-state index in [4.69, 9.17) is 0 Å². The minimum absolute atomic E-state index is 0.0725. The Morgan fingerprint density at radius 1 is 1.26 bits per heavy atom. The van der Waals surface area contributed by atoms with Crippen molar-refractivity contribution in [2.24, 2.45) is 5.92 Å². The van der Waals surface area contributed by atoms with Gasteiger partial charge in [0.15, 0.2) is 0 Å². The van der Waals surface area contributed by atoms with Crippen molar-refractivity contribution in [2.75, 3.05) is 5.32 Å². The van der Waals surface area contributed by atoms with E-state index in [0.717, 1.165) is 35.0 Å². The van der Waals surface area contributed by atoms with Crippen LogP contribution in [-0.4, -0.2) is 10.9 Å². The van der Waals surface area contributed by atoms with Crippen molar-refractivity contribution in [3.05, 3.63) is 40.2 Å². The van der Waals surface area contributed by atoms with Crippen LogP contribution in [0, 0.1) is 5.92 Å². The SMILES string of the molecule is CCCc1cc(=O)[nH]c2cc(NC(=O)CC3CCCC3)ccc12. The summed E-state index contributed by atoms with van der Waals surface area (Å²) in [5.41, 5.74) is 2.52. The molecule has 3 rings (SSSR count). The number of amides is 1. The molecule has 0 bridgehead atoms. The highest BCUT2D eigenvalue weighted by Gasteiger charge is 2.18. The van der Waals surface area contributed by atoms with Crippen LogP contribution in [0.25, 0.3) is 10.9 Å². The van der Waals surface area contributed by atoms with Crippen molar-refractivity contribution in [1.29, 1.82) is 0 Å². The van der Waals surface area contributed by atoms with E-state index in [1.807, 2.05) is 18.2 Å². The number of nitrogens with one attached hydrogen (secondary N) is 2. The molecule has 4 heteroatoms. The van der Waals surface area contributed by atoms with Gasteiger partial charge in [0.2, 0.25) is 11.5 Å². The van der Waals surface area contributed by atoms with Crippen LogP contribution in [0.2, 0.25) is 0 Å². The molecule has 1 aromatic heterocycles. The van der Waals surface area contributed by atoms with Crippen LogP contribution in [0.4, 0.5) is 5.69 Å². The largest absolute Gasteiger partial charge is 0.326 e. The molecule has 1 aromatic carbocycles. The van der Waals surface area contributed by atoms with Crippen LogP contribution in [0.3, 0.4) is 0 Å². The maximum absolute atomic E-state index is 12.2. The second-order valence-electron chi connectivity index (χ2n) is 6.57. The van der Waals surface area contributed by atoms with Crippen LogP contribution in [0.15, 0.2) is 29.1 Å². The number of H-pyrrole nitrogens is 1. The number of aryl methyl sites for hydroxylation is 1. The Labute approximate surface area is 136 Å². The highest BCUT2D eigenvalue weighted by molar-refractivity contribution is 5.94. The number of fused-ring (bicyclic) bond motifs is 1. The maximum atomic E-state index is 12.2. The zero-order valence-corrected chi connectivity index (χ0v) is 13.7. The lowest BCUT2D eigenvalue weighted by Gasteiger charge is -2.11. The summed E-state index contributed by atoms with van der Waals surface area (Å²) in [4.78, 5) is 26.8. The average Bonchev–Trinajstić information content (AvgIpc) is 2.99. The molecule has 0 spiro atoms. The predicted octanol–water partition coefficient (Wildman–Crippen LogP) is 4.00. The number of rotatable bonds is 5. The topological polar surface area (TPSA) is 62.0 Å². The van der Waals surface area contributed by atoms with Crippen molar-refractivity contribution in [3.63, 3.8) is 0 Å². The number of pyridine rings is 1. The smallest absolute Gasteiger partial charge is 0.248 e. The van der Waals surface area contributed by atoms with E-state index in [0.29, 0.717) is 12.3 Å². The second-order valence-corrected chi connectivity index (χ2v) is 6.57. The van der Waals surface area contributed by atoms with Gasteiger partial charge in [0.1, 0.15) is 0 Å². The summed E-state index contributed by atoms with van der Waals surface area (Å²) in [6.45, 7) is 2.10. The molecule has 1 saturated carbocycles. The van der Waals surface area contributed by atoms with E-state index >= 15 is 0 Å². The van der Waals surface area contributed by atoms with Gasteiger partial charge in [-0.15, -0.1) is 0 Å². The van der Waals surface area contributed by atoms with Crippen LogP contribution >= 0.6 is 0 Å². The van der Waals surface area contributed by atoms with Gasteiger partial charge in [-0.05, 0) is 42.9 Å². The molecule has 0 radical (unpaired) electrons. The molecule has 2 N–H and O–H groups in total. The van der Waals surface area contributed by atoms with Gasteiger partial charge in [-0.25, -0.2) is 0 Å². The molecule has 23 heavy (non-hydrogen) atoms. The van der Waals surface area contributed by atoms with Crippen molar-refractivity contribution in [1.82, 2.24) is 4.98 Å². The number of hydrogen-bond acceptors (Lipinski definition) is 2. The van der Waals surface area contributed by atoms with Gasteiger partial charge in [0.05, 0.1) is 5.52 Å². The summed E-state index contributed by atoms with van der Waals surface area (Å²) in [5, 5.41) is 4.03. The fourth-order valence-corrected chi connectivity index (χ4v) is 3.58. The zero-order chi connectivity index (χ0) is 16.2. The summed E-state index contributed by atoms with van der Waals surface area (Å²) in [5.74, 6) is 0.606. The molecular weight excluding hydrogens is 288 g/mol. The number of aromatic nitrogens is 1. The molecule has 0 atom stereocenters. The molecule has 1 heterocycles. The van der Waals surface area contributed by atoms with Gasteiger partial charge in [-0.3, -0.25) is 9.59 Å². The Bertz CT molecular complexity index is 758. The third-order valence-corrected chi connectivity index (χ3v) is 4.68. The van der Waals surface area contributed by atoms with E-state index in [-0.39, 0.29) is 11.5 Å². The van der Waals surface area contributed by atoms with Gasteiger partial charge in [-0.1, -0.05) is 32.3 Å². The van der Waals surface area contributed by atoms with Gasteiger partial charge < -0.3 is 10.3 Å². The Hall–Kier alpha value is -2.10. The zero-order valence-electron chi connectivity index (χ0n) is 13.7. The highest BCUT2D eigenvalue weighted by Crippen LogP contribution is 2.28. The minimum Gasteiger partial charge on any atom is -0.326 e. The van der Waals surface area contributed by atoms with E-state index in [2.05, 4.69) is 17.2 Å². The Balaban J connectivity index is 1.79. The normalized spacial score (nSPS) is 15.2. The molecule has 0 aliphatic heterocycles. The van der Waals surface area contributed by atoms with E-state index in [1.54, 1.807) is 6.07 Å². The minimum atomic E-state index is -0.0876. The first-order chi connectivity index (χ1) is 11.2. The van der Waals surface area contributed by atoms with Crippen LogP contribution in [0.5, 0.6) is 0 Å². The lowest BCUT2D eigenvalue weighted by Crippen LogP contribution is -2.15. The number of carbonyl (C=O) groups is 1. The van der Waals surface area contributed by atoms with Crippen molar-refractivity contribution in [2.45, 2.75) is 51.9 Å². The first-order valence-electron chi connectivity index (χ1n) is 8.61. The summed E-state index contributed by atoms with van der Waals surface area (Å²) in [6.07, 6.45) is 7.30. The molecule has 1 amide bonds. The van der Waals surface area contributed by atoms with Crippen molar-refractivity contribution in [3.8, 4) is 0 Å². The first kappa shape index (κ1) is 15.8. The summed E-state index contributed by atoms with van der Waals surface area (Å²) < 4.78 is 0. The fourth-order valence-electron chi connectivity index (χ4n) is 3.58. The summed E-state index contributed by atoms with van der Waals surface area (Å²) in [6, 6.07) is 7.44. The lowest BCUT2D eigenvalue weighted by molar-refractivity contribution is -0.117. The number of hydrogen-bond donors (Lipinski definition) is 2. The third kappa shape index (κ3) is 3.81. The standard InChI is InChI=1S/C19H24N2O2/c1-2-5-14-11-19(23)21-17-12-15(8-9-16(14)17)20-18(22)10-13-6-3-4-7-13/h8-9,11-13H,2-7,10H2,1H3,(H,20,22)(H,21,23). The third-order valence-electron chi connectivity index (χ3n) is 4.68. The second kappa shape index (κ2) is 6.99. The van der Waals surface area contributed by atoms with Crippen LogP contribution < -0.4 is 10.9 Å². The molecular formula is C19H24N2O2. The Kier molecular flexibility index (Phi) is 4.79. The van der Waals surface area contributed by atoms with E-state index in [1.165, 1.54) is 25.7 Å². The average molecular weight is 312 g/mol. The number of aromatic amines is 1. The molecule has 1 fully saturated rings. The van der Waals surface area contributed by atoms with Gasteiger partial charge >= 0.3 is 0 Å². The van der Waals surface area contributed by atoms with E-state index < -0.39 is 0 Å². The summed E-state index contributed by atoms with van der Waals surface area (Å²) >= 11 is 0. The molecule has 0 unspecified atom stereocenters. The molecule has 0 saturated heterocycles. The lowest BCUT2D eigenvalue weighted by atomic mass is 10.0. The van der Waals surface area contributed by atoms with Gasteiger partial charge in [-0.2, -0.15) is 0 Å². The highest BCUT2D eigenvalue weighted by atomic mass is 16.1. The van der Waals surface area contributed by atoms with Crippen molar-refractivity contribution < 1.29 is 4.79 Å². The Morgan fingerprint density at radius 2 is 2.04 bits per heavy atom. The maximum Gasteiger partial charge on any atom is 0.248 e. The van der Waals surface area contributed by atoms with Crippen molar-refractivity contribution >= 4 is 22.5 Å². The van der Waals surface area contributed by atoms with E-state index in [9.17, 15) is 9.59 Å². The Morgan fingerprint density at radius 3 is 2.78 bits per heavy atom. The predicted molar refractivity (Wildman–Crippen MR) is 93.8 cm³/mol. The number of carbonyl (C=O) groups excluding carboxylic acids is 1. The molecule has 122 valence electrons.